The molecule has 2 fully saturated rings. The third-order valence-corrected chi connectivity index (χ3v) is 4.34. The van der Waals surface area contributed by atoms with Crippen LogP contribution in [0.1, 0.15) is 35.2 Å². The zero-order chi connectivity index (χ0) is 12.5. The van der Waals surface area contributed by atoms with Crippen molar-refractivity contribution in [3.05, 3.63) is 29.3 Å². The SMILES string of the molecule is N#Cc1cc(C=O)ccc1N1CC2CCCC2C1. The average Bonchev–Trinajstić information content (AvgIpc) is 2.98. The number of benzene rings is 1. The highest BCUT2D eigenvalue weighted by Gasteiger charge is 2.36. The number of anilines is 1. The smallest absolute Gasteiger partial charge is 0.150 e. The second-order valence-electron chi connectivity index (χ2n) is 5.36. The number of fused-ring (bicyclic) bond motifs is 1. The van der Waals surface area contributed by atoms with Gasteiger partial charge in [-0.3, -0.25) is 4.79 Å². The summed E-state index contributed by atoms with van der Waals surface area (Å²) < 4.78 is 0. The van der Waals surface area contributed by atoms with Gasteiger partial charge < -0.3 is 4.90 Å². The average molecular weight is 240 g/mol. The Kier molecular flexibility index (Phi) is 2.79. The molecule has 1 aliphatic carbocycles. The molecule has 0 N–H and O–H groups in total. The number of carbonyl (C=O) groups is 1. The molecule has 1 aromatic carbocycles. The minimum Gasteiger partial charge on any atom is -0.370 e. The highest BCUT2D eigenvalue weighted by molar-refractivity contribution is 5.78. The number of rotatable bonds is 2. The second-order valence-corrected chi connectivity index (χ2v) is 5.36. The Balaban J connectivity index is 1.89. The summed E-state index contributed by atoms with van der Waals surface area (Å²) in [6, 6.07) is 7.63. The Labute approximate surface area is 107 Å². The molecule has 0 amide bonds. The molecule has 1 aliphatic heterocycles. The second kappa shape index (κ2) is 4.45. The summed E-state index contributed by atoms with van der Waals surface area (Å²) >= 11 is 0. The van der Waals surface area contributed by atoms with Crippen molar-refractivity contribution >= 4 is 12.0 Å². The van der Waals surface area contributed by atoms with E-state index in [-0.39, 0.29) is 0 Å². The Morgan fingerprint density at radius 3 is 2.61 bits per heavy atom. The molecule has 2 atom stereocenters. The molecule has 0 spiro atoms. The third-order valence-electron chi connectivity index (χ3n) is 4.34. The molecule has 0 radical (unpaired) electrons. The summed E-state index contributed by atoms with van der Waals surface area (Å²) in [6.07, 6.45) is 4.81. The van der Waals surface area contributed by atoms with Crippen LogP contribution in [0.4, 0.5) is 5.69 Å². The number of hydrogen-bond acceptors (Lipinski definition) is 3. The van der Waals surface area contributed by atoms with Gasteiger partial charge in [0.15, 0.2) is 0 Å². The molecule has 1 aromatic rings. The molecule has 2 aliphatic rings. The Hall–Kier alpha value is -1.82. The van der Waals surface area contributed by atoms with E-state index in [2.05, 4.69) is 11.0 Å². The van der Waals surface area contributed by atoms with Crippen LogP contribution in [0.5, 0.6) is 0 Å². The Morgan fingerprint density at radius 1 is 1.28 bits per heavy atom. The van der Waals surface area contributed by atoms with Gasteiger partial charge in [0.05, 0.1) is 11.3 Å². The summed E-state index contributed by atoms with van der Waals surface area (Å²) in [5.41, 5.74) is 2.20. The predicted molar refractivity (Wildman–Crippen MR) is 69.6 cm³/mol. The molecule has 3 heteroatoms. The Bertz CT molecular complexity index is 506. The van der Waals surface area contributed by atoms with E-state index in [4.69, 9.17) is 0 Å². The summed E-state index contributed by atoms with van der Waals surface area (Å²) in [5, 5.41) is 9.21. The van der Waals surface area contributed by atoms with E-state index in [0.29, 0.717) is 11.1 Å². The fourth-order valence-corrected chi connectivity index (χ4v) is 3.42. The fraction of sp³-hybridized carbons (Fsp3) is 0.467. The highest BCUT2D eigenvalue weighted by atomic mass is 16.1. The van der Waals surface area contributed by atoms with Gasteiger partial charge >= 0.3 is 0 Å². The largest absolute Gasteiger partial charge is 0.370 e. The van der Waals surface area contributed by atoms with E-state index in [1.165, 1.54) is 19.3 Å². The molecule has 3 nitrogen and oxygen atoms in total. The fourth-order valence-electron chi connectivity index (χ4n) is 3.42. The lowest BCUT2D eigenvalue weighted by molar-refractivity contribution is 0.112. The lowest BCUT2D eigenvalue weighted by atomic mass is 10.0. The first-order valence-corrected chi connectivity index (χ1v) is 6.56. The van der Waals surface area contributed by atoms with Crippen LogP contribution >= 0.6 is 0 Å². The van der Waals surface area contributed by atoms with Gasteiger partial charge in [-0.05, 0) is 42.9 Å². The molecule has 0 bridgehead atoms. The maximum Gasteiger partial charge on any atom is 0.150 e. The maximum absolute atomic E-state index is 10.7. The number of aldehydes is 1. The number of hydrogen-bond donors (Lipinski definition) is 0. The van der Waals surface area contributed by atoms with Crippen molar-refractivity contribution in [3.8, 4) is 6.07 Å². The van der Waals surface area contributed by atoms with Crippen molar-refractivity contribution in [1.29, 1.82) is 5.26 Å². The van der Waals surface area contributed by atoms with Crippen molar-refractivity contribution in [1.82, 2.24) is 0 Å². The minimum atomic E-state index is 0.578. The van der Waals surface area contributed by atoms with Crippen LogP contribution in [0.3, 0.4) is 0 Å². The van der Waals surface area contributed by atoms with Crippen molar-refractivity contribution in [3.63, 3.8) is 0 Å². The van der Waals surface area contributed by atoms with Crippen molar-refractivity contribution < 1.29 is 4.79 Å². The lowest BCUT2D eigenvalue weighted by Crippen LogP contribution is -2.21. The van der Waals surface area contributed by atoms with E-state index < -0.39 is 0 Å². The molecule has 0 aromatic heterocycles. The topological polar surface area (TPSA) is 44.1 Å². The summed E-state index contributed by atoms with van der Waals surface area (Å²) in [5.74, 6) is 1.62. The monoisotopic (exact) mass is 240 g/mol. The van der Waals surface area contributed by atoms with Crippen LogP contribution in [0, 0.1) is 23.2 Å². The van der Waals surface area contributed by atoms with Crippen LogP contribution in [0.25, 0.3) is 0 Å². The number of nitrogens with zero attached hydrogens (tertiary/aromatic N) is 2. The van der Waals surface area contributed by atoms with Crippen molar-refractivity contribution in [2.45, 2.75) is 19.3 Å². The van der Waals surface area contributed by atoms with E-state index in [1.54, 1.807) is 12.1 Å². The molecule has 2 unspecified atom stereocenters. The van der Waals surface area contributed by atoms with Crippen LogP contribution in [-0.4, -0.2) is 19.4 Å². The van der Waals surface area contributed by atoms with Crippen LogP contribution in [0.15, 0.2) is 18.2 Å². The summed E-state index contributed by atoms with van der Waals surface area (Å²) in [6.45, 7) is 2.14. The van der Waals surface area contributed by atoms with Crippen LogP contribution in [-0.2, 0) is 0 Å². The Morgan fingerprint density at radius 2 is 2.00 bits per heavy atom. The molecular weight excluding hydrogens is 224 g/mol. The lowest BCUT2D eigenvalue weighted by Gasteiger charge is -2.21. The van der Waals surface area contributed by atoms with E-state index in [9.17, 15) is 10.1 Å². The molecular formula is C15H16N2O. The van der Waals surface area contributed by atoms with Gasteiger partial charge in [0.25, 0.3) is 0 Å². The van der Waals surface area contributed by atoms with Gasteiger partial charge in [0, 0.05) is 18.7 Å². The summed E-state index contributed by atoms with van der Waals surface area (Å²) in [4.78, 5) is 13.1. The van der Waals surface area contributed by atoms with Crippen LogP contribution < -0.4 is 4.90 Å². The molecule has 92 valence electrons. The molecule has 18 heavy (non-hydrogen) atoms. The zero-order valence-electron chi connectivity index (χ0n) is 10.3. The number of carbonyl (C=O) groups excluding carboxylic acids is 1. The zero-order valence-corrected chi connectivity index (χ0v) is 10.3. The van der Waals surface area contributed by atoms with Gasteiger partial charge in [0.2, 0.25) is 0 Å². The third kappa shape index (κ3) is 1.78. The van der Waals surface area contributed by atoms with Crippen molar-refractivity contribution in [2.24, 2.45) is 11.8 Å². The minimum absolute atomic E-state index is 0.578. The normalized spacial score (nSPS) is 25.8. The van der Waals surface area contributed by atoms with E-state index >= 15 is 0 Å². The van der Waals surface area contributed by atoms with Gasteiger partial charge in [-0.25, -0.2) is 0 Å². The van der Waals surface area contributed by atoms with E-state index in [0.717, 1.165) is 36.9 Å². The van der Waals surface area contributed by atoms with Gasteiger partial charge in [-0.1, -0.05) is 6.42 Å². The maximum atomic E-state index is 10.7. The predicted octanol–water partition coefficient (Wildman–Crippen LogP) is 2.61. The van der Waals surface area contributed by atoms with E-state index in [1.807, 2.05) is 6.07 Å². The van der Waals surface area contributed by atoms with Gasteiger partial charge in [-0.2, -0.15) is 5.26 Å². The van der Waals surface area contributed by atoms with Gasteiger partial charge in [-0.15, -0.1) is 0 Å². The molecule has 3 rings (SSSR count). The molecule has 1 heterocycles. The molecule has 1 saturated heterocycles. The van der Waals surface area contributed by atoms with Crippen LogP contribution in [0.2, 0.25) is 0 Å². The summed E-state index contributed by atoms with van der Waals surface area (Å²) in [7, 11) is 0. The first-order chi connectivity index (χ1) is 8.81. The standard InChI is InChI=1S/C15H16N2O/c16-7-14-6-11(10-18)4-5-15(14)17-8-12-2-1-3-13(12)9-17/h4-6,10,12-13H,1-3,8-9H2. The van der Waals surface area contributed by atoms with Crippen molar-refractivity contribution in [2.75, 3.05) is 18.0 Å². The first-order valence-electron chi connectivity index (χ1n) is 6.56. The highest BCUT2D eigenvalue weighted by Crippen LogP contribution is 2.40. The molecule has 1 saturated carbocycles. The number of nitriles is 1. The quantitative estimate of drug-likeness (QED) is 0.746. The first kappa shape index (κ1) is 11.3. The van der Waals surface area contributed by atoms with Gasteiger partial charge in [0.1, 0.15) is 12.4 Å².